The molecule has 2 nitrogen and oxygen atoms in total. The molecule has 0 saturated heterocycles. The Kier molecular flexibility index (Phi) is 7.11. The molecule has 0 bridgehead atoms. The summed E-state index contributed by atoms with van der Waals surface area (Å²) in [6.45, 7) is 12.6. The summed E-state index contributed by atoms with van der Waals surface area (Å²) < 4.78 is 5.99. The van der Waals surface area contributed by atoms with Crippen molar-refractivity contribution < 1.29 is 4.74 Å². The van der Waals surface area contributed by atoms with Gasteiger partial charge in [-0.2, -0.15) is 0 Å². The Morgan fingerprint density at radius 3 is 2.53 bits per heavy atom. The second-order valence-corrected chi connectivity index (χ2v) is 5.70. The molecule has 0 spiro atoms. The van der Waals surface area contributed by atoms with E-state index in [1.807, 2.05) is 0 Å². The van der Waals surface area contributed by atoms with Crippen LogP contribution in [0.15, 0.2) is 24.3 Å². The predicted molar refractivity (Wildman–Crippen MR) is 82.5 cm³/mol. The molecule has 0 radical (unpaired) electrons. The van der Waals surface area contributed by atoms with Crippen molar-refractivity contribution in [2.45, 2.75) is 53.2 Å². The van der Waals surface area contributed by atoms with Crippen LogP contribution in [0.5, 0.6) is 0 Å². The summed E-state index contributed by atoms with van der Waals surface area (Å²) in [4.78, 5) is 0. The number of ether oxygens (including phenoxy) is 1. The third-order valence-electron chi connectivity index (χ3n) is 3.55. The highest BCUT2D eigenvalue weighted by molar-refractivity contribution is 5.25. The van der Waals surface area contributed by atoms with Gasteiger partial charge in [0.1, 0.15) is 0 Å². The van der Waals surface area contributed by atoms with E-state index in [-0.39, 0.29) is 0 Å². The first-order valence-corrected chi connectivity index (χ1v) is 7.46. The van der Waals surface area contributed by atoms with Crippen LogP contribution in [0, 0.1) is 12.8 Å². The topological polar surface area (TPSA) is 21.3 Å². The molecule has 1 rings (SSSR count). The molecule has 0 amide bonds. The predicted octanol–water partition coefficient (Wildman–Crippen LogP) is 4.10. The molecule has 0 fully saturated rings. The van der Waals surface area contributed by atoms with Crippen LogP contribution in [0.1, 0.15) is 51.3 Å². The Morgan fingerprint density at radius 2 is 1.95 bits per heavy atom. The molecule has 0 heterocycles. The van der Waals surface area contributed by atoms with Crippen LogP contribution in [0.3, 0.4) is 0 Å². The zero-order chi connectivity index (χ0) is 14.3. The molecule has 108 valence electrons. The lowest BCUT2D eigenvalue weighted by atomic mass is 10.0. The summed E-state index contributed by atoms with van der Waals surface area (Å²) in [5.74, 6) is 0.560. The third kappa shape index (κ3) is 5.75. The fourth-order valence-electron chi connectivity index (χ4n) is 1.92. The number of hydrogen-bond acceptors (Lipinski definition) is 2. The SMILES string of the molecule is CCCNC(COC(C)C(C)C)c1cccc(C)c1. The normalized spacial score (nSPS) is 14.6. The van der Waals surface area contributed by atoms with Gasteiger partial charge < -0.3 is 10.1 Å². The van der Waals surface area contributed by atoms with Crippen LogP contribution < -0.4 is 5.32 Å². The fraction of sp³-hybridized carbons (Fsp3) is 0.647. The number of aryl methyl sites for hydroxylation is 1. The molecule has 1 N–H and O–H groups in total. The Balaban J connectivity index is 2.66. The van der Waals surface area contributed by atoms with Gasteiger partial charge in [-0.05, 0) is 38.3 Å². The van der Waals surface area contributed by atoms with Crippen LogP contribution in [-0.4, -0.2) is 19.3 Å². The summed E-state index contributed by atoms with van der Waals surface area (Å²) in [7, 11) is 0. The van der Waals surface area contributed by atoms with Gasteiger partial charge in [0.25, 0.3) is 0 Å². The molecule has 0 aromatic heterocycles. The van der Waals surface area contributed by atoms with Gasteiger partial charge in [0.2, 0.25) is 0 Å². The van der Waals surface area contributed by atoms with Crippen molar-refractivity contribution in [3.05, 3.63) is 35.4 Å². The average Bonchev–Trinajstić information content (AvgIpc) is 2.38. The van der Waals surface area contributed by atoms with Crippen molar-refractivity contribution in [2.75, 3.05) is 13.2 Å². The molecule has 2 atom stereocenters. The van der Waals surface area contributed by atoms with Crippen LogP contribution >= 0.6 is 0 Å². The van der Waals surface area contributed by atoms with E-state index in [2.05, 4.69) is 64.2 Å². The summed E-state index contributed by atoms with van der Waals surface area (Å²) >= 11 is 0. The van der Waals surface area contributed by atoms with Crippen molar-refractivity contribution >= 4 is 0 Å². The van der Waals surface area contributed by atoms with E-state index >= 15 is 0 Å². The van der Waals surface area contributed by atoms with Crippen molar-refractivity contribution in [1.29, 1.82) is 0 Å². The van der Waals surface area contributed by atoms with Crippen LogP contribution in [-0.2, 0) is 4.74 Å². The van der Waals surface area contributed by atoms with Crippen molar-refractivity contribution in [3.8, 4) is 0 Å². The van der Waals surface area contributed by atoms with Gasteiger partial charge in [0.05, 0.1) is 18.8 Å². The van der Waals surface area contributed by atoms with Crippen LogP contribution in [0.4, 0.5) is 0 Å². The first-order chi connectivity index (χ1) is 9.04. The highest BCUT2D eigenvalue weighted by Crippen LogP contribution is 2.17. The first kappa shape index (κ1) is 16.2. The summed E-state index contributed by atoms with van der Waals surface area (Å²) in [5, 5.41) is 3.58. The zero-order valence-electron chi connectivity index (χ0n) is 13.1. The van der Waals surface area contributed by atoms with Crippen molar-refractivity contribution in [2.24, 2.45) is 5.92 Å². The molecule has 1 aromatic carbocycles. The second-order valence-electron chi connectivity index (χ2n) is 5.70. The highest BCUT2D eigenvalue weighted by Gasteiger charge is 2.14. The van der Waals surface area contributed by atoms with Gasteiger partial charge in [-0.15, -0.1) is 0 Å². The van der Waals surface area contributed by atoms with E-state index < -0.39 is 0 Å². The number of nitrogens with one attached hydrogen (secondary N) is 1. The molecular formula is C17H29NO. The minimum Gasteiger partial charge on any atom is -0.376 e. The van der Waals surface area contributed by atoms with E-state index in [9.17, 15) is 0 Å². The molecule has 1 aromatic rings. The van der Waals surface area contributed by atoms with Crippen molar-refractivity contribution in [3.63, 3.8) is 0 Å². The molecule has 19 heavy (non-hydrogen) atoms. The minimum atomic E-state index is 0.293. The first-order valence-electron chi connectivity index (χ1n) is 7.46. The molecule has 0 aliphatic heterocycles. The fourth-order valence-corrected chi connectivity index (χ4v) is 1.92. The lowest BCUT2D eigenvalue weighted by Gasteiger charge is -2.23. The second kappa shape index (κ2) is 8.34. The van der Waals surface area contributed by atoms with Crippen LogP contribution in [0.25, 0.3) is 0 Å². The van der Waals surface area contributed by atoms with E-state index in [1.165, 1.54) is 11.1 Å². The lowest BCUT2D eigenvalue weighted by molar-refractivity contribution is 0.0218. The maximum atomic E-state index is 5.99. The van der Waals surface area contributed by atoms with Crippen LogP contribution in [0.2, 0.25) is 0 Å². The maximum Gasteiger partial charge on any atom is 0.0665 e. The van der Waals surface area contributed by atoms with Gasteiger partial charge in [-0.25, -0.2) is 0 Å². The van der Waals surface area contributed by atoms with E-state index in [1.54, 1.807) is 0 Å². The Morgan fingerprint density at radius 1 is 1.21 bits per heavy atom. The van der Waals surface area contributed by atoms with E-state index in [0.717, 1.165) is 19.6 Å². The molecule has 2 unspecified atom stereocenters. The maximum absolute atomic E-state index is 5.99. The number of benzene rings is 1. The third-order valence-corrected chi connectivity index (χ3v) is 3.55. The van der Waals surface area contributed by atoms with E-state index in [0.29, 0.717) is 18.1 Å². The molecule has 0 saturated carbocycles. The van der Waals surface area contributed by atoms with Gasteiger partial charge in [-0.1, -0.05) is 50.6 Å². The smallest absolute Gasteiger partial charge is 0.0665 e. The highest BCUT2D eigenvalue weighted by atomic mass is 16.5. The van der Waals surface area contributed by atoms with Gasteiger partial charge in [0.15, 0.2) is 0 Å². The lowest BCUT2D eigenvalue weighted by Crippen LogP contribution is -2.29. The Bertz CT molecular complexity index is 362. The number of hydrogen-bond donors (Lipinski definition) is 1. The van der Waals surface area contributed by atoms with Gasteiger partial charge >= 0.3 is 0 Å². The minimum absolute atomic E-state index is 0.293. The summed E-state index contributed by atoms with van der Waals surface area (Å²) in [5.41, 5.74) is 2.63. The quantitative estimate of drug-likeness (QED) is 0.762. The van der Waals surface area contributed by atoms with Crippen molar-refractivity contribution in [1.82, 2.24) is 5.32 Å². The standard InChI is InChI=1S/C17H29NO/c1-6-10-18-17(12-19-15(5)13(2)3)16-9-7-8-14(4)11-16/h7-9,11,13,15,17-18H,6,10,12H2,1-5H3. The average molecular weight is 263 g/mol. The molecule has 0 aliphatic carbocycles. The summed E-state index contributed by atoms with van der Waals surface area (Å²) in [6.07, 6.45) is 1.44. The Hall–Kier alpha value is -0.860. The van der Waals surface area contributed by atoms with Gasteiger partial charge in [0, 0.05) is 0 Å². The monoisotopic (exact) mass is 263 g/mol. The molecule has 0 aliphatic rings. The number of rotatable bonds is 8. The van der Waals surface area contributed by atoms with E-state index in [4.69, 9.17) is 4.74 Å². The largest absolute Gasteiger partial charge is 0.376 e. The molecular weight excluding hydrogens is 234 g/mol. The molecule has 2 heteroatoms. The Labute approximate surface area is 118 Å². The van der Waals surface area contributed by atoms with Gasteiger partial charge in [-0.3, -0.25) is 0 Å². The summed E-state index contributed by atoms with van der Waals surface area (Å²) in [6, 6.07) is 8.98. The zero-order valence-corrected chi connectivity index (χ0v) is 13.1.